The van der Waals surface area contributed by atoms with Gasteiger partial charge in [-0.05, 0) is 71.1 Å². The number of nitrogens with zero attached hydrogens (tertiary/aromatic N) is 1. The third-order valence-electron chi connectivity index (χ3n) is 4.51. The van der Waals surface area contributed by atoms with Gasteiger partial charge in [0.2, 0.25) is 0 Å². The van der Waals surface area contributed by atoms with Crippen LogP contribution in [0.5, 0.6) is 0 Å². The lowest BCUT2D eigenvalue weighted by Crippen LogP contribution is -2.34. The normalized spacial score (nSPS) is 19.7. The molecular weight excluding hydrogens is 232 g/mol. The van der Waals surface area contributed by atoms with Crippen molar-refractivity contribution in [2.75, 3.05) is 26.2 Å². The lowest BCUT2D eigenvalue weighted by molar-refractivity contribution is 0.175. The van der Waals surface area contributed by atoms with E-state index in [9.17, 15) is 0 Å². The maximum atomic E-state index is 3.58. The molecule has 0 aliphatic carbocycles. The Balaban J connectivity index is 1.96. The maximum Gasteiger partial charge on any atom is 0.00387 e. The van der Waals surface area contributed by atoms with E-state index in [1.165, 1.54) is 77.5 Å². The van der Waals surface area contributed by atoms with E-state index in [4.69, 9.17) is 0 Å². The van der Waals surface area contributed by atoms with Crippen LogP contribution in [0.25, 0.3) is 0 Å². The first-order chi connectivity index (χ1) is 9.26. The van der Waals surface area contributed by atoms with Crippen LogP contribution in [0.3, 0.4) is 0 Å². The summed E-state index contributed by atoms with van der Waals surface area (Å²) in [5.41, 5.74) is 0. The van der Waals surface area contributed by atoms with Gasteiger partial charge in [0.1, 0.15) is 0 Å². The fraction of sp³-hybridized carbons (Fsp3) is 1.00. The van der Waals surface area contributed by atoms with Crippen molar-refractivity contribution in [3.05, 3.63) is 0 Å². The van der Waals surface area contributed by atoms with Gasteiger partial charge in [0.25, 0.3) is 0 Å². The van der Waals surface area contributed by atoms with Crippen LogP contribution in [0.1, 0.15) is 72.1 Å². The number of piperidine rings is 1. The zero-order chi connectivity index (χ0) is 13.9. The first kappa shape index (κ1) is 17.0. The predicted molar refractivity (Wildman–Crippen MR) is 85.7 cm³/mol. The minimum atomic E-state index is 0.704. The number of likely N-dealkylation sites (tertiary alicyclic amines) is 1. The van der Waals surface area contributed by atoms with Crippen LogP contribution in [-0.2, 0) is 0 Å². The zero-order valence-corrected chi connectivity index (χ0v) is 13.6. The van der Waals surface area contributed by atoms with Crippen molar-refractivity contribution in [2.24, 2.45) is 5.92 Å². The summed E-state index contributed by atoms with van der Waals surface area (Å²) in [7, 11) is 0. The van der Waals surface area contributed by atoms with Gasteiger partial charge >= 0.3 is 0 Å². The molecular formula is C17H36N2. The molecule has 1 saturated heterocycles. The molecule has 114 valence electrons. The highest BCUT2D eigenvalue weighted by molar-refractivity contribution is 4.72. The van der Waals surface area contributed by atoms with Crippen LogP contribution < -0.4 is 5.32 Å². The summed E-state index contributed by atoms with van der Waals surface area (Å²) < 4.78 is 0. The van der Waals surface area contributed by atoms with Crippen molar-refractivity contribution in [3.63, 3.8) is 0 Å². The average Bonchev–Trinajstić information content (AvgIpc) is 2.43. The predicted octanol–water partition coefficient (Wildman–Crippen LogP) is 4.06. The highest BCUT2D eigenvalue weighted by Crippen LogP contribution is 2.21. The fourth-order valence-corrected chi connectivity index (χ4v) is 3.19. The number of rotatable bonds is 10. The molecule has 0 saturated carbocycles. The maximum absolute atomic E-state index is 3.58. The Labute approximate surface area is 121 Å². The molecule has 1 rings (SSSR count). The number of unbranched alkanes of at least 4 members (excludes halogenated alkanes) is 1. The lowest BCUT2D eigenvalue weighted by Gasteiger charge is -2.31. The van der Waals surface area contributed by atoms with Crippen LogP contribution in [-0.4, -0.2) is 37.1 Å². The Morgan fingerprint density at radius 1 is 1.11 bits per heavy atom. The van der Waals surface area contributed by atoms with Gasteiger partial charge in [-0.1, -0.05) is 33.1 Å². The third kappa shape index (κ3) is 7.94. The topological polar surface area (TPSA) is 15.3 Å². The Bertz CT molecular complexity index is 197. The van der Waals surface area contributed by atoms with Crippen LogP contribution in [0.15, 0.2) is 0 Å². The minimum Gasteiger partial charge on any atom is -0.314 e. The van der Waals surface area contributed by atoms with Gasteiger partial charge < -0.3 is 10.2 Å². The Morgan fingerprint density at radius 3 is 2.47 bits per heavy atom. The number of hydrogen-bond acceptors (Lipinski definition) is 2. The monoisotopic (exact) mass is 268 g/mol. The molecule has 19 heavy (non-hydrogen) atoms. The van der Waals surface area contributed by atoms with Gasteiger partial charge in [-0.3, -0.25) is 0 Å². The van der Waals surface area contributed by atoms with Gasteiger partial charge in [-0.2, -0.15) is 0 Å². The fourth-order valence-electron chi connectivity index (χ4n) is 3.19. The van der Waals surface area contributed by atoms with Gasteiger partial charge in [-0.25, -0.2) is 0 Å². The molecule has 1 atom stereocenters. The molecule has 1 aliphatic rings. The third-order valence-corrected chi connectivity index (χ3v) is 4.51. The molecule has 0 spiro atoms. The summed E-state index contributed by atoms with van der Waals surface area (Å²) in [5, 5.41) is 3.58. The highest BCUT2D eigenvalue weighted by Gasteiger charge is 2.17. The van der Waals surface area contributed by atoms with Crippen LogP contribution in [0.2, 0.25) is 0 Å². The van der Waals surface area contributed by atoms with Crippen molar-refractivity contribution in [1.29, 1.82) is 0 Å². The van der Waals surface area contributed by atoms with Gasteiger partial charge in [-0.15, -0.1) is 0 Å². The van der Waals surface area contributed by atoms with Gasteiger partial charge in [0.15, 0.2) is 0 Å². The largest absolute Gasteiger partial charge is 0.314 e. The van der Waals surface area contributed by atoms with Crippen molar-refractivity contribution >= 4 is 0 Å². The molecule has 2 heteroatoms. The van der Waals surface area contributed by atoms with Gasteiger partial charge in [0, 0.05) is 6.04 Å². The highest BCUT2D eigenvalue weighted by atomic mass is 15.1. The minimum absolute atomic E-state index is 0.704. The van der Waals surface area contributed by atoms with Crippen molar-refractivity contribution in [3.8, 4) is 0 Å². The van der Waals surface area contributed by atoms with Crippen molar-refractivity contribution < 1.29 is 0 Å². The first-order valence-electron chi connectivity index (χ1n) is 8.72. The standard InChI is InChI=1S/C17H36N2/c1-4-8-17-10-14-19(15-11-17)13-7-6-9-16(3)18-12-5-2/h16-18H,4-15H2,1-3H3. The molecule has 1 aliphatic heterocycles. The Kier molecular flexibility index (Phi) is 9.54. The first-order valence-corrected chi connectivity index (χ1v) is 8.72. The zero-order valence-electron chi connectivity index (χ0n) is 13.6. The molecule has 0 aromatic carbocycles. The summed E-state index contributed by atoms with van der Waals surface area (Å²) in [6.45, 7) is 12.1. The second kappa shape index (κ2) is 10.7. The molecule has 0 aromatic heterocycles. The molecule has 1 fully saturated rings. The molecule has 2 nitrogen and oxygen atoms in total. The van der Waals surface area contributed by atoms with Gasteiger partial charge in [0.05, 0.1) is 0 Å². The van der Waals surface area contributed by atoms with E-state index >= 15 is 0 Å². The van der Waals surface area contributed by atoms with Crippen molar-refractivity contribution in [2.45, 2.75) is 78.2 Å². The summed E-state index contributed by atoms with van der Waals surface area (Å²) in [4.78, 5) is 2.69. The number of nitrogens with one attached hydrogen (secondary N) is 1. The van der Waals surface area contributed by atoms with E-state index in [0.29, 0.717) is 6.04 Å². The number of hydrogen-bond donors (Lipinski definition) is 1. The molecule has 1 N–H and O–H groups in total. The molecule has 0 radical (unpaired) electrons. The van der Waals surface area contributed by atoms with E-state index in [1.54, 1.807) is 0 Å². The van der Waals surface area contributed by atoms with E-state index in [0.717, 1.165) is 5.92 Å². The summed E-state index contributed by atoms with van der Waals surface area (Å²) >= 11 is 0. The SMILES string of the molecule is CCCNC(C)CCCCN1CCC(CCC)CC1. The molecule has 1 unspecified atom stereocenters. The van der Waals surface area contributed by atoms with Crippen LogP contribution in [0.4, 0.5) is 0 Å². The molecule has 0 amide bonds. The Hall–Kier alpha value is -0.0800. The van der Waals surface area contributed by atoms with Crippen LogP contribution in [0, 0.1) is 5.92 Å². The average molecular weight is 268 g/mol. The Morgan fingerprint density at radius 2 is 1.84 bits per heavy atom. The second-order valence-electron chi connectivity index (χ2n) is 6.42. The van der Waals surface area contributed by atoms with Crippen LogP contribution >= 0.6 is 0 Å². The summed E-state index contributed by atoms with van der Waals surface area (Å²) in [5.74, 6) is 1.03. The second-order valence-corrected chi connectivity index (χ2v) is 6.42. The summed E-state index contributed by atoms with van der Waals surface area (Å²) in [6.07, 6.45) is 11.1. The lowest BCUT2D eigenvalue weighted by atomic mass is 9.92. The van der Waals surface area contributed by atoms with E-state index < -0.39 is 0 Å². The molecule has 0 aromatic rings. The molecule has 0 bridgehead atoms. The van der Waals surface area contributed by atoms with E-state index in [-0.39, 0.29) is 0 Å². The van der Waals surface area contributed by atoms with Crippen molar-refractivity contribution in [1.82, 2.24) is 10.2 Å². The van der Waals surface area contributed by atoms with E-state index in [1.807, 2.05) is 0 Å². The quantitative estimate of drug-likeness (QED) is 0.601. The molecule has 1 heterocycles. The summed E-state index contributed by atoms with van der Waals surface area (Å²) in [6, 6.07) is 0.704. The van der Waals surface area contributed by atoms with E-state index in [2.05, 4.69) is 31.0 Å². The smallest absolute Gasteiger partial charge is 0.00387 e.